The van der Waals surface area contributed by atoms with Crippen molar-refractivity contribution in [2.24, 2.45) is 0 Å². The average molecular weight is 323 g/mol. The van der Waals surface area contributed by atoms with Crippen molar-refractivity contribution in [1.29, 1.82) is 0 Å². The van der Waals surface area contributed by atoms with E-state index in [-0.39, 0.29) is 17.5 Å². The predicted octanol–water partition coefficient (Wildman–Crippen LogP) is 2.38. The molecule has 0 saturated carbocycles. The third-order valence-electron chi connectivity index (χ3n) is 3.67. The first kappa shape index (κ1) is 14.3. The average Bonchev–Trinajstić information content (AvgIpc) is 2.83. The van der Waals surface area contributed by atoms with Crippen LogP contribution < -0.4 is 11.1 Å². The number of nitrogens with zero attached hydrogens (tertiary/aromatic N) is 1. The SMILES string of the molecule is Nc1nsc(NC2CCS(=O)(=O)CC2)c1-c1ccccc1. The summed E-state index contributed by atoms with van der Waals surface area (Å²) < 4.78 is 27.2. The second kappa shape index (κ2) is 5.65. The largest absolute Gasteiger partial charge is 0.382 e. The van der Waals surface area contributed by atoms with Crippen molar-refractivity contribution in [3.05, 3.63) is 30.3 Å². The van der Waals surface area contributed by atoms with E-state index in [4.69, 9.17) is 5.73 Å². The van der Waals surface area contributed by atoms with Crippen molar-refractivity contribution >= 4 is 32.2 Å². The van der Waals surface area contributed by atoms with Gasteiger partial charge in [-0.2, -0.15) is 4.37 Å². The maximum absolute atomic E-state index is 11.5. The molecule has 0 amide bonds. The molecule has 2 aromatic rings. The summed E-state index contributed by atoms with van der Waals surface area (Å²) in [5.74, 6) is 1.01. The first-order chi connectivity index (χ1) is 10.1. The van der Waals surface area contributed by atoms with Gasteiger partial charge in [0.2, 0.25) is 0 Å². The van der Waals surface area contributed by atoms with Crippen LogP contribution in [-0.4, -0.2) is 30.3 Å². The van der Waals surface area contributed by atoms with Gasteiger partial charge in [-0.1, -0.05) is 30.3 Å². The van der Waals surface area contributed by atoms with E-state index in [1.807, 2.05) is 30.3 Å². The Morgan fingerprint density at radius 1 is 1.19 bits per heavy atom. The second-order valence-corrected chi connectivity index (χ2v) is 8.29. The molecule has 5 nitrogen and oxygen atoms in total. The van der Waals surface area contributed by atoms with Crippen LogP contribution in [0, 0.1) is 0 Å². The van der Waals surface area contributed by atoms with Crippen LogP contribution in [0.5, 0.6) is 0 Å². The quantitative estimate of drug-likeness (QED) is 0.906. The van der Waals surface area contributed by atoms with Crippen LogP contribution in [-0.2, 0) is 9.84 Å². The van der Waals surface area contributed by atoms with Crippen molar-refractivity contribution in [3.8, 4) is 11.1 Å². The summed E-state index contributed by atoms with van der Waals surface area (Å²) in [6.45, 7) is 0. The number of aromatic nitrogens is 1. The molecule has 0 aliphatic carbocycles. The van der Waals surface area contributed by atoms with Gasteiger partial charge in [0, 0.05) is 6.04 Å². The summed E-state index contributed by atoms with van der Waals surface area (Å²) in [5, 5.41) is 4.34. The molecule has 112 valence electrons. The number of hydrogen-bond acceptors (Lipinski definition) is 6. The molecular formula is C14H17N3O2S2. The van der Waals surface area contributed by atoms with Crippen LogP contribution in [0.25, 0.3) is 11.1 Å². The Labute approximate surface area is 128 Å². The molecule has 1 aliphatic heterocycles. The number of nitrogen functional groups attached to an aromatic ring is 1. The maximum atomic E-state index is 11.5. The zero-order valence-corrected chi connectivity index (χ0v) is 13.1. The van der Waals surface area contributed by atoms with Crippen molar-refractivity contribution in [2.45, 2.75) is 18.9 Å². The lowest BCUT2D eigenvalue weighted by Gasteiger charge is -2.23. The third kappa shape index (κ3) is 3.19. The minimum atomic E-state index is -2.84. The molecule has 0 atom stereocenters. The minimum absolute atomic E-state index is 0.163. The van der Waals surface area contributed by atoms with E-state index in [1.165, 1.54) is 11.5 Å². The van der Waals surface area contributed by atoms with E-state index in [2.05, 4.69) is 9.69 Å². The topological polar surface area (TPSA) is 85.1 Å². The highest BCUT2D eigenvalue weighted by Gasteiger charge is 2.25. The zero-order chi connectivity index (χ0) is 14.9. The molecule has 0 spiro atoms. The van der Waals surface area contributed by atoms with Gasteiger partial charge >= 0.3 is 0 Å². The molecule has 3 rings (SSSR count). The molecule has 21 heavy (non-hydrogen) atoms. The fraction of sp³-hybridized carbons (Fsp3) is 0.357. The Balaban J connectivity index is 1.81. The highest BCUT2D eigenvalue weighted by Crippen LogP contribution is 2.37. The van der Waals surface area contributed by atoms with E-state index in [0.29, 0.717) is 18.7 Å². The molecule has 1 aliphatic rings. The van der Waals surface area contributed by atoms with Crippen LogP contribution in [0.2, 0.25) is 0 Å². The lowest BCUT2D eigenvalue weighted by molar-refractivity contribution is 0.560. The molecule has 1 aromatic heterocycles. The van der Waals surface area contributed by atoms with E-state index in [9.17, 15) is 8.42 Å². The van der Waals surface area contributed by atoms with Gasteiger partial charge in [-0.3, -0.25) is 0 Å². The maximum Gasteiger partial charge on any atom is 0.150 e. The van der Waals surface area contributed by atoms with Gasteiger partial charge in [0.05, 0.1) is 17.1 Å². The van der Waals surface area contributed by atoms with Gasteiger partial charge in [-0.15, -0.1) is 0 Å². The van der Waals surface area contributed by atoms with Crippen LogP contribution in [0.4, 0.5) is 10.8 Å². The van der Waals surface area contributed by atoms with Crippen LogP contribution >= 0.6 is 11.5 Å². The summed E-state index contributed by atoms with van der Waals surface area (Å²) in [4.78, 5) is 0. The van der Waals surface area contributed by atoms with Gasteiger partial charge in [-0.25, -0.2) is 8.42 Å². The second-order valence-electron chi connectivity index (χ2n) is 5.21. The van der Waals surface area contributed by atoms with Gasteiger partial charge in [0.1, 0.15) is 20.7 Å². The fourth-order valence-corrected chi connectivity index (χ4v) is 4.81. The molecule has 3 N–H and O–H groups in total. The van der Waals surface area contributed by atoms with Crippen molar-refractivity contribution in [2.75, 3.05) is 22.6 Å². The Kier molecular flexibility index (Phi) is 3.86. The molecule has 2 heterocycles. The van der Waals surface area contributed by atoms with Gasteiger partial charge in [0.15, 0.2) is 0 Å². The zero-order valence-electron chi connectivity index (χ0n) is 11.5. The fourth-order valence-electron chi connectivity index (χ4n) is 2.50. The number of benzene rings is 1. The number of hydrogen-bond donors (Lipinski definition) is 2. The number of nitrogens with two attached hydrogens (primary N) is 1. The monoisotopic (exact) mass is 323 g/mol. The highest BCUT2D eigenvalue weighted by molar-refractivity contribution is 7.91. The smallest absolute Gasteiger partial charge is 0.150 e. The van der Waals surface area contributed by atoms with Crippen molar-refractivity contribution in [3.63, 3.8) is 0 Å². The van der Waals surface area contributed by atoms with Crippen LogP contribution in [0.15, 0.2) is 30.3 Å². The summed E-state index contributed by atoms with van der Waals surface area (Å²) in [6, 6.07) is 10.0. The molecular weight excluding hydrogens is 306 g/mol. The highest BCUT2D eigenvalue weighted by atomic mass is 32.2. The van der Waals surface area contributed by atoms with Crippen LogP contribution in [0.3, 0.4) is 0 Å². The van der Waals surface area contributed by atoms with Crippen LogP contribution in [0.1, 0.15) is 12.8 Å². The Bertz CT molecular complexity index is 712. The number of sulfone groups is 1. The molecule has 1 fully saturated rings. The van der Waals surface area contributed by atoms with Gasteiger partial charge in [0.25, 0.3) is 0 Å². The summed E-state index contributed by atoms with van der Waals surface area (Å²) >= 11 is 1.33. The standard InChI is InChI=1S/C14H17N3O2S2/c15-13-12(10-4-2-1-3-5-10)14(20-17-13)16-11-6-8-21(18,19)9-7-11/h1-5,11,16H,6-9H2,(H2,15,17). The van der Waals surface area contributed by atoms with Gasteiger partial charge in [-0.05, 0) is 29.9 Å². The number of anilines is 2. The van der Waals surface area contributed by atoms with E-state index in [0.717, 1.165) is 16.1 Å². The lowest BCUT2D eigenvalue weighted by atomic mass is 10.1. The third-order valence-corrected chi connectivity index (χ3v) is 6.18. The van der Waals surface area contributed by atoms with Gasteiger partial charge < -0.3 is 11.1 Å². The van der Waals surface area contributed by atoms with E-state index < -0.39 is 9.84 Å². The first-order valence-electron chi connectivity index (χ1n) is 6.83. The Hall–Kier alpha value is -1.60. The summed E-state index contributed by atoms with van der Waals surface area (Å²) in [6.07, 6.45) is 1.27. The summed E-state index contributed by atoms with van der Waals surface area (Å²) in [5.41, 5.74) is 7.92. The first-order valence-corrected chi connectivity index (χ1v) is 9.42. The number of nitrogens with one attached hydrogen (secondary N) is 1. The Morgan fingerprint density at radius 2 is 1.86 bits per heavy atom. The molecule has 7 heteroatoms. The molecule has 1 aromatic carbocycles. The summed E-state index contributed by atoms with van der Waals surface area (Å²) in [7, 11) is -2.84. The normalized spacial score (nSPS) is 18.5. The number of rotatable bonds is 3. The Morgan fingerprint density at radius 3 is 2.52 bits per heavy atom. The molecule has 0 bridgehead atoms. The van der Waals surface area contributed by atoms with Crippen molar-refractivity contribution < 1.29 is 8.42 Å². The van der Waals surface area contributed by atoms with E-state index >= 15 is 0 Å². The minimum Gasteiger partial charge on any atom is -0.382 e. The molecule has 1 saturated heterocycles. The predicted molar refractivity (Wildman–Crippen MR) is 87.3 cm³/mol. The molecule has 0 unspecified atom stereocenters. The van der Waals surface area contributed by atoms with E-state index in [1.54, 1.807) is 0 Å². The van der Waals surface area contributed by atoms with Crippen molar-refractivity contribution in [1.82, 2.24) is 4.37 Å². The lowest BCUT2D eigenvalue weighted by Crippen LogP contribution is -2.32. The molecule has 0 radical (unpaired) electrons.